The summed E-state index contributed by atoms with van der Waals surface area (Å²) in [7, 11) is 0. The maximum absolute atomic E-state index is 11.8. The molecule has 13 nitrogen and oxygen atoms in total. The van der Waals surface area contributed by atoms with Crippen molar-refractivity contribution in [3.63, 3.8) is 0 Å². The van der Waals surface area contributed by atoms with Gasteiger partial charge in [0.1, 0.15) is 5.71 Å². The highest BCUT2D eigenvalue weighted by Gasteiger charge is 2.43. The van der Waals surface area contributed by atoms with Crippen molar-refractivity contribution in [1.29, 1.82) is 0 Å². The molecular formula is C26H34N8O5S. The molecular weight excluding hydrogens is 536 g/mol. The van der Waals surface area contributed by atoms with E-state index < -0.39 is 21.8 Å². The quantitative estimate of drug-likeness (QED) is 0.306. The molecule has 1 saturated carbocycles. The summed E-state index contributed by atoms with van der Waals surface area (Å²) in [6.45, 7) is 5.60. The summed E-state index contributed by atoms with van der Waals surface area (Å²) in [6, 6.07) is 4.15. The summed E-state index contributed by atoms with van der Waals surface area (Å²) < 4.78 is 0. The largest absolute Gasteiger partial charge is 0.360 e. The van der Waals surface area contributed by atoms with Gasteiger partial charge >= 0.3 is 11.9 Å². The number of amides is 1. The molecule has 40 heavy (non-hydrogen) atoms. The fourth-order valence-electron chi connectivity index (χ4n) is 5.35. The minimum atomic E-state index is -1.49. The maximum atomic E-state index is 11.8. The molecule has 2 aliphatic heterocycles. The van der Waals surface area contributed by atoms with Gasteiger partial charge in [-0.3, -0.25) is 25.0 Å². The first-order chi connectivity index (χ1) is 19.2. The molecule has 1 aromatic carbocycles. The predicted molar refractivity (Wildman–Crippen MR) is 154 cm³/mol. The molecule has 5 rings (SSSR count). The Hall–Kier alpha value is -3.94. The van der Waals surface area contributed by atoms with E-state index >= 15 is 0 Å². The summed E-state index contributed by atoms with van der Waals surface area (Å²) >= 11 is 5.61. The molecule has 0 radical (unpaired) electrons. The molecule has 1 saturated heterocycles. The molecule has 1 amide bonds. The molecule has 0 spiro atoms. The number of nitrogens with one attached hydrogen (secondary N) is 2. The SMILES string of the molecule is CC1=NN(c2ccc([N+](=O)[O-])cc2)C(=O)C1[N+](=O)[O-].Cc1[nH]cnc1C1CCN(C(=S)NC2CCCCC2)CC1. The second-order valence-electron chi connectivity index (χ2n) is 10.3. The van der Waals surface area contributed by atoms with Gasteiger partial charge < -0.3 is 15.2 Å². The van der Waals surface area contributed by atoms with E-state index in [-0.39, 0.29) is 17.1 Å². The first kappa shape index (κ1) is 29.1. The van der Waals surface area contributed by atoms with E-state index in [4.69, 9.17) is 12.2 Å². The van der Waals surface area contributed by atoms with E-state index in [1.807, 2.05) is 6.33 Å². The summed E-state index contributed by atoms with van der Waals surface area (Å²) in [5.74, 6) is -0.193. The topological polar surface area (TPSA) is 163 Å². The van der Waals surface area contributed by atoms with Crippen LogP contribution in [0.4, 0.5) is 11.4 Å². The number of nitro benzene ring substituents is 1. The molecule has 3 heterocycles. The third kappa shape index (κ3) is 6.79. The van der Waals surface area contributed by atoms with Gasteiger partial charge in [-0.05, 0) is 63.9 Å². The van der Waals surface area contributed by atoms with E-state index in [0.29, 0.717) is 12.0 Å². The molecule has 1 aliphatic carbocycles. The standard InChI is InChI=1S/C16H26N4S.C10H8N4O5/c1-12-15(18-11-17-12)13-7-9-20(10-8-13)16(21)19-14-5-3-2-4-6-14;1-6-9(14(18)19)10(15)12(11-6)7-2-4-8(5-3-7)13(16)17/h11,13-14H,2-10H2,1H3,(H,17,18)(H,19,21);2-5,9H,1H3. The average molecular weight is 571 g/mol. The van der Waals surface area contributed by atoms with Crippen LogP contribution >= 0.6 is 12.2 Å². The Balaban J connectivity index is 0.000000186. The summed E-state index contributed by atoms with van der Waals surface area (Å²) in [5, 5.41) is 30.5. The van der Waals surface area contributed by atoms with Crippen LogP contribution in [0.5, 0.6) is 0 Å². The minimum absolute atomic E-state index is 0.0772. The number of benzene rings is 1. The molecule has 1 unspecified atom stereocenters. The van der Waals surface area contributed by atoms with E-state index in [0.717, 1.165) is 36.1 Å². The van der Waals surface area contributed by atoms with Crippen molar-refractivity contribution < 1.29 is 14.6 Å². The van der Waals surface area contributed by atoms with Crippen molar-refractivity contribution in [2.45, 2.75) is 76.8 Å². The number of aromatic amines is 1. The number of nitrogens with zero attached hydrogens (tertiary/aromatic N) is 6. The lowest BCUT2D eigenvalue weighted by atomic mass is 9.92. The predicted octanol–water partition coefficient (Wildman–Crippen LogP) is 4.07. The number of rotatable bonds is 5. The molecule has 2 N–H and O–H groups in total. The molecule has 1 atom stereocenters. The van der Waals surface area contributed by atoms with Crippen molar-refractivity contribution >= 4 is 40.3 Å². The minimum Gasteiger partial charge on any atom is -0.360 e. The first-order valence-corrected chi connectivity index (χ1v) is 13.9. The summed E-state index contributed by atoms with van der Waals surface area (Å²) in [4.78, 5) is 41.8. The zero-order chi connectivity index (χ0) is 28.8. The van der Waals surface area contributed by atoms with Gasteiger partial charge in [0.2, 0.25) is 0 Å². The van der Waals surface area contributed by atoms with Gasteiger partial charge in [0, 0.05) is 47.8 Å². The number of likely N-dealkylation sites (tertiary alicyclic amines) is 1. The van der Waals surface area contributed by atoms with Crippen LogP contribution in [-0.4, -0.2) is 66.6 Å². The lowest BCUT2D eigenvalue weighted by Gasteiger charge is -2.35. The first-order valence-electron chi connectivity index (χ1n) is 13.5. The van der Waals surface area contributed by atoms with Crippen LogP contribution in [0.3, 0.4) is 0 Å². The number of hydrogen-bond donors (Lipinski definition) is 2. The van der Waals surface area contributed by atoms with E-state index in [1.54, 1.807) is 0 Å². The van der Waals surface area contributed by atoms with Gasteiger partial charge in [0.05, 0.1) is 22.6 Å². The van der Waals surface area contributed by atoms with Crippen LogP contribution in [0.1, 0.15) is 69.2 Å². The van der Waals surface area contributed by atoms with E-state index in [1.165, 1.54) is 74.7 Å². The molecule has 2 aromatic rings. The molecule has 3 aliphatic rings. The van der Waals surface area contributed by atoms with E-state index in [9.17, 15) is 25.0 Å². The van der Waals surface area contributed by atoms with Crippen molar-refractivity contribution in [2.75, 3.05) is 18.1 Å². The lowest BCUT2D eigenvalue weighted by molar-refractivity contribution is -0.488. The van der Waals surface area contributed by atoms with Crippen molar-refractivity contribution in [1.82, 2.24) is 20.2 Å². The zero-order valence-corrected chi connectivity index (χ0v) is 23.4. The molecule has 0 bridgehead atoms. The Morgan fingerprint density at radius 2 is 1.70 bits per heavy atom. The van der Waals surface area contributed by atoms with Gasteiger partial charge in [-0.1, -0.05) is 19.3 Å². The highest BCUT2D eigenvalue weighted by atomic mass is 32.1. The van der Waals surface area contributed by atoms with Crippen LogP contribution in [0.15, 0.2) is 35.7 Å². The Bertz CT molecular complexity index is 1270. The number of carbonyl (C=O) groups excluding carboxylic acids is 1. The highest BCUT2D eigenvalue weighted by molar-refractivity contribution is 7.80. The van der Waals surface area contributed by atoms with Crippen LogP contribution in [0.25, 0.3) is 0 Å². The number of hydrazone groups is 1. The number of imidazole rings is 1. The Kier molecular flexibility index (Phi) is 9.40. The number of aryl methyl sites for hydroxylation is 1. The number of H-pyrrole nitrogens is 1. The van der Waals surface area contributed by atoms with Gasteiger partial charge in [0.15, 0.2) is 5.11 Å². The molecule has 2 fully saturated rings. The fourth-order valence-corrected chi connectivity index (χ4v) is 5.70. The number of piperidine rings is 1. The number of hydrogen-bond acceptors (Lipinski definition) is 8. The van der Waals surface area contributed by atoms with Gasteiger partial charge in [-0.25, -0.2) is 4.98 Å². The van der Waals surface area contributed by atoms with E-state index in [2.05, 4.69) is 32.2 Å². The number of thiocarbonyl (C=S) groups is 1. The molecule has 214 valence electrons. The van der Waals surface area contributed by atoms with Crippen LogP contribution in [0, 0.1) is 27.2 Å². The third-order valence-corrected chi connectivity index (χ3v) is 7.96. The van der Waals surface area contributed by atoms with Crippen molar-refractivity contribution in [2.24, 2.45) is 5.10 Å². The number of nitro groups is 2. The molecule has 14 heteroatoms. The smallest absolute Gasteiger partial charge is 0.331 e. The van der Waals surface area contributed by atoms with Gasteiger partial charge in [0.25, 0.3) is 5.69 Å². The van der Waals surface area contributed by atoms with Crippen LogP contribution < -0.4 is 10.3 Å². The third-order valence-electron chi connectivity index (χ3n) is 7.58. The highest BCUT2D eigenvalue weighted by Crippen LogP contribution is 2.29. The number of carbonyl (C=O) groups is 1. The Labute approximate surface area is 237 Å². The van der Waals surface area contributed by atoms with Crippen LogP contribution in [0.2, 0.25) is 0 Å². The van der Waals surface area contributed by atoms with Gasteiger partial charge in [-0.2, -0.15) is 10.1 Å². The Morgan fingerprint density at radius 3 is 2.23 bits per heavy atom. The fraction of sp³-hybridized carbons (Fsp3) is 0.538. The van der Waals surface area contributed by atoms with Crippen molar-refractivity contribution in [3.05, 3.63) is 62.2 Å². The average Bonchev–Trinajstić information content (AvgIpc) is 3.51. The Morgan fingerprint density at radius 1 is 1.05 bits per heavy atom. The summed E-state index contributed by atoms with van der Waals surface area (Å²) in [6.07, 6.45) is 10.8. The van der Waals surface area contributed by atoms with Crippen molar-refractivity contribution in [3.8, 4) is 0 Å². The second-order valence-corrected chi connectivity index (χ2v) is 10.7. The van der Waals surface area contributed by atoms with Gasteiger partial charge in [-0.15, -0.1) is 0 Å². The summed E-state index contributed by atoms with van der Waals surface area (Å²) in [5.41, 5.74) is 2.66. The number of aromatic nitrogens is 2. The second kappa shape index (κ2) is 12.9. The van der Waals surface area contributed by atoms with Crippen LogP contribution in [-0.2, 0) is 4.79 Å². The molecule has 1 aromatic heterocycles. The monoisotopic (exact) mass is 570 g/mol. The maximum Gasteiger partial charge on any atom is 0.331 e. The number of non-ortho nitro benzene ring substituents is 1. The zero-order valence-electron chi connectivity index (χ0n) is 22.6. The normalized spacial score (nSPS) is 20.0. The lowest BCUT2D eigenvalue weighted by Crippen LogP contribution is -2.48. The number of anilines is 1.